The van der Waals surface area contributed by atoms with Gasteiger partial charge in [0.1, 0.15) is 11.8 Å². The van der Waals surface area contributed by atoms with Gasteiger partial charge in [0.2, 0.25) is 0 Å². The van der Waals surface area contributed by atoms with Crippen molar-refractivity contribution in [3.05, 3.63) is 23.8 Å². The Bertz CT molecular complexity index is 445. The van der Waals surface area contributed by atoms with Crippen molar-refractivity contribution < 1.29 is 14.6 Å². The Balaban J connectivity index is 2.45. The minimum Gasteiger partial charge on any atom is -0.480 e. The quantitative estimate of drug-likeness (QED) is 0.825. The van der Waals surface area contributed by atoms with Gasteiger partial charge < -0.3 is 15.6 Å². The lowest BCUT2D eigenvalue weighted by atomic mass is 10.1. The number of para-hydroxylation sites is 1. The van der Waals surface area contributed by atoms with E-state index in [1.807, 2.05) is 19.9 Å². The molecule has 1 heterocycles. The third-order valence-electron chi connectivity index (χ3n) is 2.31. The average Bonchev–Trinajstić information content (AvgIpc) is 2.49. The fraction of sp³-hybridized carbons (Fsp3) is 0.364. The second-order valence-corrected chi connectivity index (χ2v) is 5.72. The summed E-state index contributed by atoms with van der Waals surface area (Å²) in [5.41, 5.74) is 6.14. The van der Waals surface area contributed by atoms with Crippen LogP contribution in [0.5, 0.6) is 5.75 Å². The Morgan fingerprint density at radius 3 is 2.88 bits per heavy atom. The molecule has 0 spiro atoms. The summed E-state index contributed by atoms with van der Waals surface area (Å²) in [6.45, 7) is 3.88. The zero-order valence-corrected chi connectivity index (χ0v) is 9.88. The van der Waals surface area contributed by atoms with Gasteiger partial charge in [-0.25, -0.2) is 0 Å². The van der Waals surface area contributed by atoms with Gasteiger partial charge in [-0.1, -0.05) is 23.9 Å². The highest BCUT2D eigenvalue weighted by Gasteiger charge is 2.34. The van der Waals surface area contributed by atoms with Crippen LogP contribution in [0.1, 0.15) is 25.5 Å². The van der Waals surface area contributed by atoms with Gasteiger partial charge in [0.25, 0.3) is 0 Å². The Labute approximate surface area is 97.8 Å². The minimum atomic E-state index is -1.05. The molecule has 0 aliphatic carbocycles. The largest absolute Gasteiger partial charge is 0.480 e. The molecule has 1 aromatic carbocycles. The number of aliphatic carboxylic acids is 1. The summed E-state index contributed by atoms with van der Waals surface area (Å²) in [4.78, 5) is 11.5. The van der Waals surface area contributed by atoms with Crippen LogP contribution < -0.4 is 10.5 Å². The van der Waals surface area contributed by atoms with Gasteiger partial charge in [-0.3, -0.25) is 4.79 Å². The molecule has 2 rings (SSSR count). The van der Waals surface area contributed by atoms with Crippen LogP contribution in [0.15, 0.2) is 23.1 Å². The van der Waals surface area contributed by atoms with Crippen LogP contribution in [0.4, 0.5) is 0 Å². The summed E-state index contributed by atoms with van der Waals surface area (Å²) in [7, 11) is 0. The minimum absolute atomic E-state index is 0.364. The molecular weight excluding hydrogens is 226 g/mol. The average molecular weight is 239 g/mol. The molecule has 1 aliphatic heterocycles. The first-order chi connectivity index (χ1) is 7.41. The highest BCUT2D eigenvalue weighted by Crippen LogP contribution is 2.49. The van der Waals surface area contributed by atoms with E-state index in [1.54, 1.807) is 23.9 Å². The van der Waals surface area contributed by atoms with Gasteiger partial charge in [0.05, 0.1) is 4.90 Å². The summed E-state index contributed by atoms with van der Waals surface area (Å²) >= 11 is 1.57. The Morgan fingerprint density at radius 1 is 1.56 bits per heavy atom. The molecule has 4 nitrogen and oxygen atoms in total. The molecule has 0 radical (unpaired) electrons. The standard InChI is InChI=1S/C11H13NO3S/c1-11(2)15-9-6(8(12)10(13)14)4-3-5-7(9)16-11/h3-5,8H,12H2,1-2H3,(H,13,14). The van der Waals surface area contributed by atoms with Crippen LogP contribution in [0.3, 0.4) is 0 Å². The number of carboxylic acid groups (broad SMARTS) is 1. The number of carbonyl (C=O) groups is 1. The topological polar surface area (TPSA) is 72.5 Å². The second kappa shape index (κ2) is 3.68. The van der Waals surface area contributed by atoms with Crippen LogP contribution in [-0.2, 0) is 4.79 Å². The number of rotatable bonds is 2. The lowest BCUT2D eigenvalue weighted by Gasteiger charge is -2.17. The van der Waals surface area contributed by atoms with E-state index in [1.165, 1.54) is 0 Å². The molecule has 0 amide bonds. The lowest BCUT2D eigenvalue weighted by molar-refractivity contribution is -0.138. The first-order valence-electron chi connectivity index (χ1n) is 4.90. The summed E-state index contributed by atoms with van der Waals surface area (Å²) in [5, 5.41) is 8.91. The molecule has 0 aromatic heterocycles. The molecule has 3 N–H and O–H groups in total. The molecule has 5 heteroatoms. The maximum atomic E-state index is 10.9. The first-order valence-corrected chi connectivity index (χ1v) is 5.72. The third-order valence-corrected chi connectivity index (χ3v) is 3.43. The second-order valence-electron chi connectivity index (χ2n) is 4.09. The van der Waals surface area contributed by atoms with Crippen LogP contribution in [0, 0.1) is 0 Å². The van der Waals surface area contributed by atoms with Crippen molar-refractivity contribution in [1.29, 1.82) is 0 Å². The van der Waals surface area contributed by atoms with E-state index in [0.717, 1.165) is 4.90 Å². The fourth-order valence-corrected chi connectivity index (χ4v) is 2.69. The Morgan fingerprint density at radius 2 is 2.25 bits per heavy atom. The molecule has 16 heavy (non-hydrogen) atoms. The number of hydrogen-bond donors (Lipinski definition) is 2. The first kappa shape index (κ1) is 11.3. The molecular formula is C11H13NO3S. The Hall–Kier alpha value is -1.20. The Kier molecular flexibility index (Phi) is 2.59. The normalized spacial score (nSPS) is 18.7. The third kappa shape index (κ3) is 1.88. The summed E-state index contributed by atoms with van der Waals surface area (Å²) in [5.74, 6) is -0.445. The molecule has 1 atom stereocenters. The number of fused-ring (bicyclic) bond motifs is 1. The summed E-state index contributed by atoms with van der Waals surface area (Å²) < 4.78 is 5.72. The fourth-order valence-electron chi connectivity index (χ4n) is 1.63. The van der Waals surface area contributed by atoms with E-state index in [9.17, 15) is 4.79 Å². The SMILES string of the molecule is CC1(C)Oc2c(cccc2C(N)C(=O)O)S1. The molecule has 0 fully saturated rings. The van der Waals surface area contributed by atoms with Crippen LogP contribution in [-0.4, -0.2) is 16.0 Å². The zero-order chi connectivity index (χ0) is 11.9. The van der Waals surface area contributed by atoms with Crippen LogP contribution >= 0.6 is 11.8 Å². The molecule has 1 aliphatic rings. The van der Waals surface area contributed by atoms with Gasteiger partial charge in [-0.05, 0) is 19.9 Å². The van der Waals surface area contributed by atoms with E-state index in [0.29, 0.717) is 11.3 Å². The summed E-state index contributed by atoms with van der Waals surface area (Å²) in [6, 6.07) is 4.37. The van der Waals surface area contributed by atoms with Crippen molar-refractivity contribution in [2.24, 2.45) is 5.73 Å². The van der Waals surface area contributed by atoms with Crippen molar-refractivity contribution in [1.82, 2.24) is 0 Å². The summed E-state index contributed by atoms with van der Waals surface area (Å²) in [6.07, 6.45) is 0. The predicted molar refractivity (Wildman–Crippen MR) is 61.6 cm³/mol. The highest BCUT2D eigenvalue weighted by molar-refractivity contribution is 8.00. The highest BCUT2D eigenvalue weighted by atomic mass is 32.2. The number of carboxylic acids is 1. The number of hydrogen-bond acceptors (Lipinski definition) is 4. The van der Waals surface area contributed by atoms with Gasteiger partial charge >= 0.3 is 5.97 Å². The zero-order valence-electron chi connectivity index (χ0n) is 9.06. The molecule has 0 bridgehead atoms. The van der Waals surface area contributed by atoms with Crippen LogP contribution in [0.25, 0.3) is 0 Å². The smallest absolute Gasteiger partial charge is 0.325 e. The van der Waals surface area contributed by atoms with Crippen molar-refractivity contribution in [2.45, 2.75) is 29.7 Å². The van der Waals surface area contributed by atoms with E-state index in [-0.39, 0.29) is 4.93 Å². The maximum Gasteiger partial charge on any atom is 0.325 e. The predicted octanol–water partition coefficient (Wildman–Crippen LogP) is 1.99. The van der Waals surface area contributed by atoms with Gasteiger partial charge in [0.15, 0.2) is 4.93 Å². The van der Waals surface area contributed by atoms with Crippen molar-refractivity contribution in [2.75, 3.05) is 0 Å². The van der Waals surface area contributed by atoms with Gasteiger partial charge in [0, 0.05) is 5.56 Å². The number of benzene rings is 1. The van der Waals surface area contributed by atoms with Crippen molar-refractivity contribution in [3.63, 3.8) is 0 Å². The lowest BCUT2D eigenvalue weighted by Crippen LogP contribution is -2.23. The number of ether oxygens (including phenoxy) is 1. The van der Waals surface area contributed by atoms with Gasteiger partial charge in [-0.2, -0.15) is 0 Å². The van der Waals surface area contributed by atoms with Gasteiger partial charge in [-0.15, -0.1) is 0 Å². The van der Waals surface area contributed by atoms with Crippen molar-refractivity contribution >= 4 is 17.7 Å². The molecule has 1 unspecified atom stereocenters. The maximum absolute atomic E-state index is 10.9. The molecule has 0 saturated carbocycles. The van der Waals surface area contributed by atoms with E-state index in [2.05, 4.69) is 0 Å². The monoisotopic (exact) mass is 239 g/mol. The molecule has 1 aromatic rings. The molecule has 0 saturated heterocycles. The van der Waals surface area contributed by atoms with Crippen molar-refractivity contribution in [3.8, 4) is 5.75 Å². The van der Waals surface area contributed by atoms with E-state index < -0.39 is 12.0 Å². The van der Waals surface area contributed by atoms with Crippen LogP contribution in [0.2, 0.25) is 0 Å². The molecule has 86 valence electrons. The number of nitrogens with two attached hydrogens (primary N) is 1. The van der Waals surface area contributed by atoms with E-state index >= 15 is 0 Å². The van der Waals surface area contributed by atoms with E-state index in [4.69, 9.17) is 15.6 Å². The number of thioether (sulfide) groups is 1.